The van der Waals surface area contributed by atoms with Gasteiger partial charge in [-0.25, -0.2) is 8.78 Å². The second kappa shape index (κ2) is 7.68. The number of carbonyl (C=O) groups excluding carboxylic acids is 1. The summed E-state index contributed by atoms with van der Waals surface area (Å²) in [4.78, 5) is 12.4. The fraction of sp³-hybridized carbons (Fsp3) is 0.238. The quantitative estimate of drug-likeness (QED) is 0.545. The molecule has 1 N–H and O–H groups in total. The zero-order chi connectivity index (χ0) is 22.3. The molecule has 0 spiro atoms. The summed E-state index contributed by atoms with van der Waals surface area (Å²) in [7, 11) is 1.43. The first-order valence-electron chi connectivity index (χ1n) is 9.32. The first kappa shape index (κ1) is 20.8. The Kier molecular flexibility index (Phi) is 5.16. The van der Waals surface area contributed by atoms with Crippen LogP contribution >= 0.6 is 0 Å². The van der Waals surface area contributed by atoms with Gasteiger partial charge in [-0.05, 0) is 54.7 Å². The maximum Gasteiger partial charge on any atom is 0.573 e. The molecule has 1 aliphatic rings. The number of hydrogen-bond donors (Lipinski definition) is 1. The number of benzene rings is 2. The van der Waals surface area contributed by atoms with Crippen LogP contribution in [-0.2, 0) is 7.05 Å². The molecule has 162 valence electrons. The monoisotopic (exact) mass is 437 g/mol. The molecule has 4 rings (SSSR count). The summed E-state index contributed by atoms with van der Waals surface area (Å²) in [6, 6.07) is 8.84. The number of anilines is 1. The average Bonchev–Trinajstić information content (AvgIpc) is 3.46. The highest BCUT2D eigenvalue weighted by Gasteiger charge is 2.34. The van der Waals surface area contributed by atoms with Gasteiger partial charge in [-0.1, -0.05) is 12.1 Å². The number of nitrogens with zero attached hydrogens (tertiary/aromatic N) is 2. The van der Waals surface area contributed by atoms with Crippen molar-refractivity contribution in [2.24, 2.45) is 7.05 Å². The van der Waals surface area contributed by atoms with Crippen molar-refractivity contribution in [3.8, 4) is 17.0 Å². The van der Waals surface area contributed by atoms with Crippen LogP contribution in [0.25, 0.3) is 11.3 Å². The Morgan fingerprint density at radius 2 is 1.81 bits per heavy atom. The minimum Gasteiger partial charge on any atom is -0.405 e. The number of carbonyl (C=O) groups is 1. The lowest BCUT2D eigenvalue weighted by atomic mass is 10.0. The van der Waals surface area contributed by atoms with Crippen molar-refractivity contribution in [3.05, 3.63) is 65.4 Å². The Morgan fingerprint density at radius 1 is 1.13 bits per heavy atom. The van der Waals surface area contributed by atoms with Gasteiger partial charge in [0.05, 0.1) is 5.69 Å². The molecule has 0 saturated heterocycles. The van der Waals surface area contributed by atoms with Gasteiger partial charge < -0.3 is 10.1 Å². The Balaban J connectivity index is 1.68. The van der Waals surface area contributed by atoms with Crippen LogP contribution in [0.5, 0.6) is 5.75 Å². The maximum absolute atomic E-state index is 13.8. The van der Waals surface area contributed by atoms with E-state index in [1.165, 1.54) is 29.9 Å². The van der Waals surface area contributed by atoms with Crippen molar-refractivity contribution in [1.29, 1.82) is 0 Å². The summed E-state index contributed by atoms with van der Waals surface area (Å²) in [6.07, 6.45) is -3.11. The van der Waals surface area contributed by atoms with E-state index in [1.54, 1.807) is 6.07 Å². The van der Waals surface area contributed by atoms with E-state index in [4.69, 9.17) is 0 Å². The van der Waals surface area contributed by atoms with E-state index < -0.39 is 35.3 Å². The van der Waals surface area contributed by atoms with Crippen molar-refractivity contribution in [3.63, 3.8) is 0 Å². The molecule has 1 heterocycles. The van der Waals surface area contributed by atoms with Gasteiger partial charge in [0.25, 0.3) is 5.91 Å². The molecule has 1 aromatic heterocycles. The first-order valence-corrected chi connectivity index (χ1v) is 9.32. The molecule has 1 fully saturated rings. The fourth-order valence-corrected chi connectivity index (χ4v) is 3.26. The summed E-state index contributed by atoms with van der Waals surface area (Å²) in [5, 5.41) is 6.07. The van der Waals surface area contributed by atoms with Crippen molar-refractivity contribution in [2.45, 2.75) is 25.1 Å². The number of aromatic nitrogens is 2. The molecule has 3 aromatic rings. The SMILES string of the molecule is Cn1nc(C(=O)Nc2c(F)cccc2F)cc1-c1ccc(C2CC2)cc1OC(F)(F)F. The lowest BCUT2D eigenvalue weighted by Crippen LogP contribution is -2.18. The van der Waals surface area contributed by atoms with Gasteiger partial charge in [-0.2, -0.15) is 5.10 Å². The molecule has 0 bridgehead atoms. The molecule has 10 heteroatoms. The maximum atomic E-state index is 13.8. The van der Waals surface area contributed by atoms with Crippen LogP contribution in [-0.4, -0.2) is 22.1 Å². The number of hydrogen-bond acceptors (Lipinski definition) is 3. The zero-order valence-electron chi connectivity index (χ0n) is 16.1. The van der Waals surface area contributed by atoms with E-state index in [9.17, 15) is 26.7 Å². The van der Waals surface area contributed by atoms with E-state index >= 15 is 0 Å². The average molecular weight is 437 g/mol. The predicted molar refractivity (Wildman–Crippen MR) is 102 cm³/mol. The normalized spacial score (nSPS) is 13.9. The van der Waals surface area contributed by atoms with Gasteiger partial charge >= 0.3 is 6.36 Å². The molecule has 1 amide bonds. The summed E-state index contributed by atoms with van der Waals surface area (Å²) < 4.78 is 71.9. The molecule has 5 nitrogen and oxygen atoms in total. The largest absolute Gasteiger partial charge is 0.573 e. The first-order chi connectivity index (χ1) is 14.6. The molecular formula is C21H16F5N3O2. The molecule has 1 saturated carbocycles. The second-order valence-electron chi connectivity index (χ2n) is 7.17. The summed E-state index contributed by atoms with van der Waals surface area (Å²) in [5.41, 5.74) is 0.103. The number of amides is 1. The van der Waals surface area contributed by atoms with E-state index in [-0.39, 0.29) is 22.9 Å². The highest BCUT2D eigenvalue weighted by molar-refractivity contribution is 6.03. The van der Waals surface area contributed by atoms with Crippen molar-refractivity contribution in [1.82, 2.24) is 9.78 Å². The number of aryl methyl sites for hydroxylation is 1. The van der Waals surface area contributed by atoms with E-state index in [1.807, 2.05) is 0 Å². The number of rotatable bonds is 5. The molecule has 31 heavy (non-hydrogen) atoms. The van der Waals surface area contributed by atoms with Gasteiger partial charge in [0, 0.05) is 12.6 Å². The smallest absolute Gasteiger partial charge is 0.405 e. The van der Waals surface area contributed by atoms with Crippen LogP contribution in [0.15, 0.2) is 42.5 Å². The van der Waals surface area contributed by atoms with Crippen LogP contribution < -0.4 is 10.1 Å². The Hall–Kier alpha value is -3.43. The molecule has 1 aliphatic carbocycles. The third kappa shape index (κ3) is 4.52. The Bertz CT molecular complexity index is 1130. The number of nitrogens with one attached hydrogen (secondary N) is 1. The molecule has 0 unspecified atom stereocenters. The fourth-order valence-electron chi connectivity index (χ4n) is 3.26. The van der Waals surface area contributed by atoms with Crippen LogP contribution in [0, 0.1) is 11.6 Å². The molecule has 0 atom stereocenters. The number of ether oxygens (including phenoxy) is 1. The van der Waals surface area contributed by atoms with Crippen LogP contribution in [0.2, 0.25) is 0 Å². The topological polar surface area (TPSA) is 56.2 Å². The van der Waals surface area contributed by atoms with Crippen LogP contribution in [0.1, 0.15) is 34.8 Å². The zero-order valence-corrected chi connectivity index (χ0v) is 16.1. The van der Waals surface area contributed by atoms with Gasteiger partial charge in [0.1, 0.15) is 23.1 Å². The summed E-state index contributed by atoms with van der Waals surface area (Å²) >= 11 is 0. The number of para-hydroxylation sites is 1. The molecule has 0 radical (unpaired) electrons. The highest BCUT2D eigenvalue weighted by atomic mass is 19.4. The second-order valence-corrected chi connectivity index (χ2v) is 7.17. The third-order valence-electron chi connectivity index (χ3n) is 4.87. The van der Waals surface area contributed by atoms with Crippen molar-refractivity contribution in [2.75, 3.05) is 5.32 Å². The third-order valence-corrected chi connectivity index (χ3v) is 4.87. The summed E-state index contributed by atoms with van der Waals surface area (Å²) in [5.74, 6) is -3.07. The standard InChI is InChI=1S/C21H16F5N3O2/c1-29-17(10-16(28-29)20(30)27-19-14(22)3-2-4-15(19)23)13-8-7-12(11-5-6-11)9-18(13)31-21(24,25)26/h2-4,7-11H,5-6H2,1H3,(H,27,30). The molecule has 2 aromatic carbocycles. The Labute approximate surface area is 173 Å². The minimum absolute atomic E-state index is 0.0767. The predicted octanol–water partition coefficient (Wildman–Crippen LogP) is 5.39. The van der Waals surface area contributed by atoms with Gasteiger partial charge in [0.15, 0.2) is 5.69 Å². The highest BCUT2D eigenvalue weighted by Crippen LogP contribution is 2.44. The lowest BCUT2D eigenvalue weighted by Gasteiger charge is -2.15. The van der Waals surface area contributed by atoms with Crippen LogP contribution in [0.4, 0.5) is 27.6 Å². The van der Waals surface area contributed by atoms with E-state index in [0.717, 1.165) is 36.6 Å². The Morgan fingerprint density at radius 3 is 2.42 bits per heavy atom. The minimum atomic E-state index is -4.90. The lowest BCUT2D eigenvalue weighted by molar-refractivity contribution is -0.274. The number of halogens is 5. The van der Waals surface area contributed by atoms with Gasteiger partial charge in [-0.3, -0.25) is 9.48 Å². The molecular weight excluding hydrogens is 421 g/mol. The van der Waals surface area contributed by atoms with Gasteiger partial charge in [0.2, 0.25) is 0 Å². The van der Waals surface area contributed by atoms with E-state index in [0.29, 0.717) is 0 Å². The summed E-state index contributed by atoms with van der Waals surface area (Å²) in [6.45, 7) is 0. The molecule has 0 aliphatic heterocycles. The van der Waals surface area contributed by atoms with Crippen molar-refractivity contribution < 1.29 is 31.5 Å². The van der Waals surface area contributed by atoms with Crippen LogP contribution in [0.3, 0.4) is 0 Å². The number of alkyl halides is 3. The van der Waals surface area contributed by atoms with Crippen molar-refractivity contribution >= 4 is 11.6 Å². The van der Waals surface area contributed by atoms with E-state index in [2.05, 4.69) is 15.2 Å². The van der Waals surface area contributed by atoms with Gasteiger partial charge in [-0.15, -0.1) is 13.2 Å².